The minimum absolute atomic E-state index is 0.219. The maximum absolute atomic E-state index is 12.0. The van der Waals surface area contributed by atoms with E-state index in [1.54, 1.807) is 36.4 Å². The quantitative estimate of drug-likeness (QED) is 0.830. The molecule has 1 heterocycles. The maximum Gasteiger partial charge on any atom is 0.265 e. The first-order valence-electron chi connectivity index (χ1n) is 6.05. The van der Waals surface area contributed by atoms with Crippen LogP contribution in [0.2, 0.25) is 0 Å². The van der Waals surface area contributed by atoms with E-state index in [0.29, 0.717) is 22.7 Å². The van der Waals surface area contributed by atoms with Crippen LogP contribution < -0.4 is 10.6 Å². The lowest BCUT2D eigenvalue weighted by molar-refractivity contribution is 0.0959. The van der Waals surface area contributed by atoms with Gasteiger partial charge in [-0.3, -0.25) is 9.59 Å². The molecule has 0 aliphatic heterocycles. The fourth-order valence-corrected chi connectivity index (χ4v) is 2.26. The summed E-state index contributed by atoms with van der Waals surface area (Å²) in [7, 11) is 0. The summed E-state index contributed by atoms with van der Waals surface area (Å²) >= 11 is 1.35. The third-order valence-electron chi connectivity index (χ3n) is 2.57. The van der Waals surface area contributed by atoms with Crippen LogP contribution in [0.25, 0.3) is 0 Å². The zero-order valence-corrected chi connectivity index (χ0v) is 11.6. The number of benzene rings is 1. The first-order valence-corrected chi connectivity index (χ1v) is 6.93. The van der Waals surface area contributed by atoms with Crippen molar-refractivity contribution in [3.8, 4) is 0 Å². The van der Waals surface area contributed by atoms with Gasteiger partial charge in [0.15, 0.2) is 0 Å². The number of rotatable bonds is 5. The first-order chi connectivity index (χ1) is 9.72. The molecule has 0 saturated heterocycles. The Hall–Kier alpha value is -2.40. The van der Waals surface area contributed by atoms with Crippen molar-refractivity contribution in [1.82, 2.24) is 5.32 Å². The van der Waals surface area contributed by atoms with Gasteiger partial charge in [-0.1, -0.05) is 24.3 Å². The number of amides is 2. The fourth-order valence-electron chi connectivity index (χ4n) is 1.64. The first kappa shape index (κ1) is 14.0. The third-order valence-corrected chi connectivity index (χ3v) is 3.44. The number of carbonyl (C=O) groups is 2. The molecule has 2 aromatic rings. The third kappa shape index (κ3) is 3.33. The smallest absolute Gasteiger partial charge is 0.265 e. The van der Waals surface area contributed by atoms with Gasteiger partial charge < -0.3 is 10.6 Å². The van der Waals surface area contributed by atoms with Gasteiger partial charge in [0.25, 0.3) is 11.8 Å². The van der Waals surface area contributed by atoms with Crippen molar-refractivity contribution in [3.63, 3.8) is 0 Å². The lowest BCUT2D eigenvalue weighted by Crippen LogP contribution is -2.25. The number of thiophene rings is 1. The van der Waals surface area contributed by atoms with Gasteiger partial charge in [0.1, 0.15) is 0 Å². The van der Waals surface area contributed by atoms with Crippen LogP contribution in [0.5, 0.6) is 0 Å². The van der Waals surface area contributed by atoms with Crippen molar-refractivity contribution in [2.24, 2.45) is 0 Å². The highest BCUT2D eigenvalue weighted by Gasteiger charge is 2.13. The largest absolute Gasteiger partial charge is 0.349 e. The van der Waals surface area contributed by atoms with E-state index in [1.807, 2.05) is 11.4 Å². The summed E-state index contributed by atoms with van der Waals surface area (Å²) in [4.78, 5) is 24.6. The summed E-state index contributed by atoms with van der Waals surface area (Å²) in [5, 5.41) is 7.28. The molecule has 4 nitrogen and oxygen atoms in total. The summed E-state index contributed by atoms with van der Waals surface area (Å²) in [5.74, 6) is -0.462. The van der Waals surface area contributed by atoms with Crippen molar-refractivity contribution in [2.45, 2.75) is 0 Å². The van der Waals surface area contributed by atoms with Crippen LogP contribution in [0.1, 0.15) is 20.0 Å². The van der Waals surface area contributed by atoms with Crippen LogP contribution >= 0.6 is 11.3 Å². The van der Waals surface area contributed by atoms with Crippen LogP contribution in [0.15, 0.2) is 54.4 Å². The van der Waals surface area contributed by atoms with Gasteiger partial charge in [0, 0.05) is 6.54 Å². The van der Waals surface area contributed by atoms with Crippen LogP contribution in [0, 0.1) is 0 Å². The molecule has 0 saturated carbocycles. The Labute approximate surface area is 121 Å². The lowest BCUT2D eigenvalue weighted by atomic mass is 10.1. The van der Waals surface area contributed by atoms with Crippen molar-refractivity contribution < 1.29 is 9.59 Å². The van der Waals surface area contributed by atoms with E-state index < -0.39 is 0 Å². The Morgan fingerprint density at radius 1 is 1.15 bits per heavy atom. The van der Waals surface area contributed by atoms with Gasteiger partial charge in [-0.25, -0.2) is 0 Å². The van der Waals surface area contributed by atoms with Gasteiger partial charge >= 0.3 is 0 Å². The minimum atomic E-state index is -0.244. The predicted octanol–water partition coefficient (Wildman–Crippen LogP) is 2.92. The zero-order valence-electron chi connectivity index (χ0n) is 10.8. The van der Waals surface area contributed by atoms with Gasteiger partial charge in [-0.05, 0) is 23.6 Å². The Bertz CT molecular complexity index is 621. The second kappa shape index (κ2) is 6.68. The van der Waals surface area contributed by atoms with Crippen molar-refractivity contribution in [2.75, 3.05) is 11.9 Å². The number of anilines is 1. The molecule has 0 bridgehead atoms. The number of carbonyl (C=O) groups excluding carboxylic acids is 2. The van der Waals surface area contributed by atoms with Crippen molar-refractivity contribution in [1.29, 1.82) is 0 Å². The molecule has 102 valence electrons. The fraction of sp³-hybridized carbons (Fsp3) is 0.0667. The van der Waals surface area contributed by atoms with E-state index in [2.05, 4.69) is 17.2 Å². The Balaban J connectivity index is 2.17. The normalized spacial score (nSPS) is 9.80. The van der Waals surface area contributed by atoms with E-state index in [9.17, 15) is 9.59 Å². The highest BCUT2D eigenvalue weighted by Crippen LogP contribution is 2.17. The summed E-state index contributed by atoms with van der Waals surface area (Å²) in [6.45, 7) is 3.93. The second-order valence-corrected chi connectivity index (χ2v) is 4.92. The SMILES string of the molecule is C=CCNC(=O)c1ccccc1NC(=O)c1cccs1. The summed E-state index contributed by atoms with van der Waals surface area (Å²) in [6, 6.07) is 10.4. The average molecular weight is 286 g/mol. The standard InChI is InChI=1S/C15H14N2O2S/c1-2-9-16-14(18)11-6-3-4-7-12(11)17-15(19)13-8-5-10-20-13/h2-8,10H,1,9H2,(H,16,18)(H,17,19). The van der Waals surface area contributed by atoms with E-state index in [0.717, 1.165) is 0 Å². The second-order valence-electron chi connectivity index (χ2n) is 3.98. The average Bonchev–Trinajstić information content (AvgIpc) is 2.99. The van der Waals surface area contributed by atoms with Gasteiger partial charge in [0.2, 0.25) is 0 Å². The summed E-state index contributed by atoms with van der Waals surface area (Å²) < 4.78 is 0. The monoisotopic (exact) mass is 286 g/mol. The molecule has 2 N–H and O–H groups in total. The molecule has 0 aliphatic rings. The van der Waals surface area contributed by atoms with Crippen molar-refractivity contribution in [3.05, 3.63) is 64.9 Å². The minimum Gasteiger partial charge on any atom is -0.349 e. The molecule has 20 heavy (non-hydrogen) atoms. The molecule has 2 rings (SSSR count). The topological polar surface area (TPSA) is 58.2 Å². The van der Waals surface area contributed by atoms with E-state index in [4.69, 9.17) is 0 Å². The van der Waals surface area contributed by atoms with Gasteiger partial charge in [-0.15, -0.1) is 17.9 Å². The number of hydrogen-bond acceptors (Lipinski definition) is 3. The molecule has 5 heteroatoms. The zero-order chi connectivity index (χ0) is 14.4. The Morgan fingerprint density at radius 3 is 2.65 bits per heavy atom. The molecule has 0 aliphatic carbocycles. The summed E-state index contributed by atoms with van der Waals surface area (Å²) in [6.07, 6.45) is 1.60. The van der Waals surface area contributed by atoms with E-state index >= 15 is 0 Å². The molecule has 0 radical (unpaired) electrons. The molecular weight excluding hydrogens is 272 g/mol. The number of para-hydroxylation sites is 1. The molecule has 0 spiro atoms. The molecular formula is C15H14N2O2S. The predicted molar refractivity (Wildman–Crippen MR) is 81.2 cm³/mol. The molecule has 0 fully saturated rings. The molecule has 1 aromatic carbocycles. The number of hydrogen-bond donors (Lipinski definition) is 2. The molecule has 0 atom stereocenters. The van der Waals surface area contributed by atoms with E-state index in [1.165, 1.54) is 11.3 Å². The highest BCUT2D eigenvalue weighted by atomic mass is 32.1. The molecule has 2 amide bonds. The van der Waals surface area contributed by atoms with Gasteiger partial charge in [0.05, 0.1) is 16.1 Å². The van der Waals surface area contributed by atoms with Crippen LogP contribution in [0.4, 0.5) is 5.69 Å². The van der Waals surface area contributed by atoms with Crippen LogP contribution in [0.3, 0.4) is 0 Å². The lowest BCUT2D eigenvalue weighted by Gasteiger charge is -2.10. The molecule has 0 unspecified atom stereocenters. The molecule has 1 aromatic heterocycles. The maximum atomic E-state index is 12.0. The van der Waals surface area contributed by atoms with Crippen LogP contribution in [-0.4, -0.2) is 18.4 Å². The van der Waals surface area contributed by atoms with Crippen molar-refractivity contribution >= 4 is 28.8 Å². The van der Waals surface area contributed by atoms with E-state index in [-0.39, 0.29) is 11.8 Å². The Morgan fingerprint density at radius 2 is 1.95 bits per heavy atom. The number of nitrogens with one attached hydrogen (secondary N) is 2. The van der Waals surface area contributed by atoms with Gasteiger partial charge in [-0.2, -0.15) is 0 Å². The Kier molecular flexibility index (Phi) is 4.68. The van der Waals surface area contributed by atoms with Crippen LogP contribution in [-0.2, 0) is 0 Å². The summed E-state index contributed by atoms with van der Waals surface area (Å²) in [5.41, 5.74) is 0.923. The highest BCUT2D eigenvalue weighted by molar-refractivity contribution is 7.12.